The number of amidine groups is 1. The number of fused-ring (bicyclic) bond motifs is 3. The number of aryl methyl sites for hydroxylation is 1. The minimum atomic E-state index is -0.351. The van der Waals surface area contributed by atoms with Crippen molar-refractivity contribution in [1.29, 1.82) is 0 Å². The van der Waals surface area contributed by atoms with E-state index in [9.17, 15) is 9.59 Å². The van der Waals surface area contributed by atoms with Gasteiger partial charge in [0.15, 0.2) is 10.8 Å². The van der Waals surface area contributed by atoms with Crippen LogP contribution >= 0.6 is 23.5 Å². The Balaban J connectivity index is 1.54. The van der Waals surface area contributed by atoms with Gasteiger partial charge in [0, 0.05) is 12.4 Å². The first-order valence-corrected chi connectivity index (χ1v) is 9.34. The van der Waals surface area contributed by atoms with Gasteiger partial charge in [0.25, 0.3) is 5.91 Å². The smallest absolute Gasteiger partial charge is 0.258 e. The summed E-state index contributed by atoms with van der Waals surface area (Å²) in [6.45, 7) is 0. The third kappa shape index (κ3) is 3.10. The molecule has 2 amide bonds. The molecule has 1 N–H and O–H groups in total. The van der Waals surface area contributed by atoms with Crippen molar-refractivity contribution in [3.63, 3.8) is 0 Å². The minimum Gasteiger partial charge on any atom is -0.327 e. The molecule has 126 valence electrons. The van der Waals surface area contributed by atoms with Gasteiger partial charge in [-0.25, -0.2) is 4.98 Å². The van der Waals surface area contributed by atoms with E-state index in [1.165, 1.54) is 23.5 Å². The molecule has 2 aromatic heterocycles. The summed E-state index contributed by atoms with van der Waals surface area (Å²) >= 11 is 2.39. The monoisotopic (exact) mass is 372 g/mol. The van der Waals surface area contributed by atoms with Crippen LogP contribution in [0.25, 0.3) is 22.1 Å². The van der Waals surface area contributed by atoms with Gasteiger partial charge in [0.1, 0.15) is 5.52 Å². The number of amides is 2. The second kappa shape index (κ2) is 6.45. The molecular weight excluding hydrogens is 360 g/mol. The van der Waals surface area contributed by atoms with Gasteiger partial charge in [0.05, 0.1) is 17.0 Å². The number of thioether (sulfide) groups is 2. The molecule has 0 aliphatic carbocycles. The fourth-order valence-corrected chi connectivity index (χ4v) is 3.77. The molecule has 4 rings (SSSR count). The van der Waals surface area contributed by atoms with Crippen molar-refractivity contribution in [3.8, 4) is 0 Å². The SMILES string of the molecule is Cn1c2ccccc2c2nnc(SCC(=O)N=C3NC(=O)CS3)nc21. The molecule has 1 aliphatic rings. The van der Waals surface area contributed by atoms with E-state index in [1.54, 1.807) is 0 Å². The topological polar surface area (TPSA) is 102 Å². The van der Waals surface area contributed by atoms with Crippen molar-refractivity contribution in [2.75, 3.05) is 11.5 Å². The van der Waals surface area contributed by atoms with E-state index < -0.39 is 0 Å². The summed E-state index contributed by atoms with van der Waals surface area (Å²) in [7, 11) is 1.92. The van der Waals surface area contributed by atoms with Crippen LogP contribution in [0.4, 0.5) is 0 Å². The molecule has 1 fully saturated rings. The van der Waals surface area contributed by atoms with Crippen LogP contribution in [0.2, 0.25) is 0 Å². The summed E-state index contributed by atoms with van der Waals surface area (Å²) in [5, 5.41) is 12.6. The van der Waals surface area contributed by atoms with Gasteiger partial charge in [-0.05, 0) is 6.07 Å². The maximum absolute atomic E-state index is 11.9. The lowest BCUT2D eigenvalue weighted by atomic mass is 10.2. The van der Waals surface area contributed by atoms with Crippen LogP contribution in [0.3, 0.4) is 0 Å². The fourth-order valence-electron chi connectivity index (χ4n) is 2.51. The Morgan fingerprint density at radius 2 is 2.24 bits per heavy atom. The zero-order valence-corrected chi connectivity index (χ0v) is 14.7. The molecule has 0 unspecified atom stereocenters. The van der Waals surface area contributed by atoms with Gasteiger partial charge in [-0.2, -0.15) is 4.99 Å². The molecule has 1 saturated heterocycles. The lowest BCUT2D eigenvalue weighted by Crippen LogP contribution is -2.21. The average molecular weight is 372 g/mol. The largest absolute Gasteiger partial charge is 0.327 e. The Labute approximate surface area is 150 Å². The van der Waals surface area contributed by atoms with Gasteiger partial charge in [-0.3, -0.25) is 9.59 Å². The predicted molar refractivity (Wildman–Crippen MR) is 97.6 cm³/mol. The molecule has 0 bridgehead atoms. The van der Waals surface area contributed by atoms with Crippen LogP contribution < -0.4 is 5.32 Å². The first kappa shape index (κ1) is 16.0. The van der Waals surface area contributed by atoms with Crippen LogP contribution in [-0.2, 0) is 16.6 Å². The first-order valence-electron chi connectivity index (χ1n) is 7.36. The van der Waals surface area contributed by atoms with Crippen LogP contribution in [-0.4, -0.2) is 48.2 Å². The quantitative estimate of drug-likeness (QED) is 0.693. The number of benzene rings is 1. The number of nitrogens with zero attached hydrogens (tertiary/aromatic N) is 5. The number of nitrogens with one attached hydrogen (secondary N) is 1. The standard InChI is InChI=1S/C15H12N6O2S2/c1-21-9-5-3-2-4-8(9)12-13(21)18-15(20-19-12)25-7-11(23)17-14-16-10(22)6-24-14/h2-5H,6-7H2,1H3,(H,16,17,22,23). The molecule has 3 heterocycles. The second-order valence-corrected chi connectivity index (χ2v) is 7.19. The van der Waals surface area contributed by atoms with E-state index in [4.69, 9.17) is 0 Å². The highest BCUT2D eigenvalue weighted by Gasteiger charge is 2.18. The summed E-state index contributed by atoms with van der Waals surface area (Å²) in [4.78, 5) is 31.3. The number of rotatable bonds is 3. The van der Waals surface area contributed by atoms with Crippen molar-refractivity contribution < 1.29 is 9.59 Å². The second-order valence-electron chi connectivity index (χ2n) is 5.28. The minimum absolute atomic E-state index is 0.0804. The Morgan fingerprint density at radius 3 is 3.04 bits per heavy atom. The molecule has 0 spiro atoms. The molecule has 10 heteroatoms. The van der Waals surface area contributed by atoms with Gasteiger partial charge < -0.3 is 9.88 Å². The van der Waals surface area contributed by atoms with Crippen molar-refractivity contribution in [2.24, 2.45) is 12.0 Å². The van der Waals surface area contributed by atoms with Crippen LogP contribution in [0.5, 0.6) is 0 Å². The van der Waals surface area contributed by atoms with Crippen molar-refractivity contribution in [1.82, 2.24) is 25.1 Å². The highest BCUT2D eigenvalue weighted by molar-refractivity contribution is 8.15. The van der Waals surface area contributed by atoms with Crippen LogP contribution in [0.15, 0.2) is 34.4 Å². The Kier molecular flexibility index (Phi) is 4.14. The van der Waals surface area contributed by atoms with Gasteiger partial charge in [-0.1, -0.05) is 41.7 Å². The molecule has 0 atom stereocenters. The lowest BCUT2D eigenvalue weighted by Gasteiger charge is -1.99. The van der Waals surface area contributed by atoms with E-state index in [0.29, 0.717) is 16.1 Å². The van der Waals surface area contributed by atoms with Gasteiger partial charge in [-0.15, -0.1) is 10.2 Å². The van der Waals surface area contributed by atoms with Crippen molar-refractivity contribution in [2.45, 2.75) is 5.16 Å². The third-order valence-corrected chi connectivity index (χ3v) is 5.32. The number of hydrogen-bond donors (Lipinski definition) is 1. The zero-order valence-electron chi connectivity index (χ0n) is 13.1. The number of aromatic nitrogens is 4. The number of aliphatic imine (C=N–C) groups is 1. The highest BCUT2D eigenvalue weighted by atomic mass is 32.2. The molecule has 0 saturated carbocycles. The molecule has 3 aromatic rings. The number of para-hydroxylation sites is 1. The van der Waals surface area contributed by atoms with E-state index >= 15 is 0 Å². The Hall–Kier alpha value is -2.46. The highest BCUT2D eigenvalue weighted by Crippen LogP contribution is 2.25. The normalized spacial score (nSPS) is 16.0. The summed E-state index contributed by atoms with van der Waals surface area (Å²) < 4.78 is 1.95. The molecule has 0 radical (unpaired) electrons. The molecule has 1 aromatic carbocycles. The predicted octanol–water partition coefficient (Wildman–Crippen LogP) is 1.35. The van der Waals surface area contributed by atoms with Crippen molar-refractivity contribution >= 4 is 62.6 Å². The summed E-state index contributed by atoms with van der Waals surface area (Å²) in [5.74, 6) is -0.116. The number of hydrogen-bond acceptors (Lipinski definition) is 7. The van der Waals surface area contributed by atoms with E-state index in [0.717, 1.165) is 22.1 Å². The molecule has 25 heavy (non-hydrogen) atoms. The molecule has 8 nitrogen and oxygen atoms in total. The van der Waals surface area contributed by atoms with E-state index in [-0.39, 0.29) is 17.6 Å². The third-order valence-electron chi connectivity index (χ3n) is 3.62. The fraction of sp³-hybridized carbons (Fsp3) is 0.200. The summed E-state index contributed by atoms with van der Waals surface area (Å²) in [6.07, 6.45) is 0. The van der Waals surface area contributed by atoms with E-state index in [2.05, 4.69) is 25.5 Å². The van der Waals surface area contributed by atoms with Gasteiger partial charge >= 0.3 is 0 Å². The maximum atomic E-state index is 11.9. The Morgan fingerprint density at radius 1 is 1.40 bits per heavy atom. The zero-order chi connectivity index (χ0) is 17.4. The van der Waals surface area contributed by atoms with Gasteiger partial charge in [0.2, 0.25) is 11.1 Å². The molecular formula is C15H12N6O2S2. The van der Waals surface area contributed by atoms with Crippen molar-refractivity contribution in [3.05, 3.63) is 24.3 Å². The van der Waals surface area contributed by atoms with E-state index in [1.807, 2.05) is 35.9 Å². The summed E-state index contributed by atoms with van der Waals surface area (Å²) in [6, 6.07) is 7.89. The molecule has 1 aliphatic heterocycles. The maximum Gasteiger partial charge on any atom is 0.258 e. The average Bonchev–Trinajstić information content (AvgIpc) is 3.15. The first-order chi connectivity index (χ1) is 12.1. The number of carbonyl (C=O) groups excluding carboxylic acids is 2. The Bertz CT molecular complexity index is 1050. The van der Waals surface area contributed by atoms with Crippen LogP contribution in [0, 0.1) is 0 Å². The lowest BCUT2D eigenvalue weighted by molar-refractivity contribution is -0.116. The van der Waals surface area contributed by atoms with Crippen LogP contribution in [0.1, 0.15) is 0 Å². The summed E-state index contributed by atoms with van der Waals surface area (Å²) in [5.41, 5.74) is 2.48. The number of carbonyl (C=O) groups is 2.